The predicted molar refractivity (Wildman–Crippen MR) is 122 cm³/mol. The zero-order valence-corrected chi connectivity index (χ0v) is 21.1. The molecule has 0 saturated carbocycles. The Kier molecular flexibility index (Phi) is 10.2. The molecule has 172 valence electrons. The zero-order valence-electron chi connectivity index (χ0n) is 20.1. The SMILES string of the molecule is CON(C)C(=O)[C@@H](C)[C@H](O)[C@H](C)[C@H](COCc1ccccc1)O[Si](C)(C)C(C)(C)C. The minimum atomic E-state index is -2.11. The van der Waals surface area contributed by atoms with Crippen LogP contribution in [0.3, 0.4) is 0 Å². The van der Waals surface area contributed by atoms with Crippen LogP contribution in [0.5, 0.6) is 0 Å². The van der Waals surface area contributed by atoms with Gasteiger partial charge in [0.25, 0.3) is 5.91 Å². The lowest BCUT2D eigenvalue weighted by Crippen LogP contribution is -2.50. The molecule has 0 aliphatic rings. The van der Waals surface area contributed by atoms with Crippen molar-refractivity contribution in [3.8, 4) is 0 Å². The molecule has 0 aliphatic heterocycles. The van der Waals surface area contributed by atoms with E-state index in [1.54, 1.807) is 14.0 Å². The van der Waals surface area contributed by atoms with Gasteiger partial charge in [0.2, 0.25) is 0 Å². The van der Waals surface area contributed by atoms with E-state index >= 15 is 0 Å². The summed E-state index contributed by atoms with van der Waals surface area (Å²) < 4.78 is 12.6. The van der Waals surface area contributed by atoms with Crippen LogP contribution >= 0.6 is 0 Å². The minimum absolute atomic E-state index is 0.0209. The molecule has 0 bridgehead atoms. The fraction of sp³-hybridized carbons (Fsp3) is 0.696. The third kappa shape index (κ3) is 7.46. The normalized spacial score (nSPS) is 16.6. The number of ether oxygens (including phenoxy) is 1. The van der Waals surface area contributed by atoms with Gasteiger partial charge in [0, 0.05) is 13.0 Å². The van der Waals surface area contributed by atoms with Crippen LogP contribution in [0, 0.1) is 11.8 Å². The van der Waals surface area contributed by atoms with E-state index in [2.05, 4.69) is 33.9 Å². The third-order valence-electron chi connectivity index (χ3n) is 6.26. The lowest BCUT2D eigenvalue weighted by Gasteiger charge is -2.42. The van der Waals surface area contributed by atoms with E-state index in [9.17, 15) is 9.90 Å². The molecular weight excluding hydrogens is 398 g/mol. The average molecular weight is 440 g/mol. The van der Waals surface area contributed by atoms with Crippen LogP contribution < -0.4 is 0 Å². The molecule has 1 aromatic carbocycles. The molecule has 30 heavy (non-hydrogen) atoms. The van der Waals surface area contributed by atoms with E-state index in [-0.39, 0.29) is 23.0 Å². The van der Waals surface area contributed by atoms with Gasteiger partial charge in [-0.25, -0.2) is 5.06 Å². The first-order valence-electron chi connectivity index (χ1n) is 10.6. The van der Waals surface area contributed by atoms with Crippen molar-refractivity contribution in [1.82, 2.24) is 5.06 Å². The number of carbonyl (C=O) groups is 1. The number of aliphatic hydroxyl groups excluding tert-OH is 1. The summed E-state index contributed by atoms with van der Waals surface area (Å²) in [4.78, 5) is 17.4. The van der Waals surface area contributed by atoms with Gasteiger partial charge < -0.3 is 14.3 Å². The molecule has 7 heteroatoms. The number of rotatable bonds is 11. The number of hydrogen-bond acceptors (Lipinski definition) is 5. The maximum atomic E-state index is 12.5. The number of nitrogens with zero attached hydrogens (tertiary/aromatic N) is 1. The van der Waals surface area contributed by atoms with Crippen molar-refractivity contribution < 1.29 is 23.9 Å². The van der Waals surface area contributed by atoms with Crippen molar-refractivity contribution in [3.63, 3.8) is 0 Å². The van der Waals surface area contributed by atoms with Gasteiger partial charge in [0.15, 0.2) is 8.32 Å². The Hall–Kier alpha value is -1.25. The van der Waals surface area contributed by atoms with E-state index < -0.39 is 20.3 Å². The molecule has 0 aliphatic carbocycles. The Morgan fingerprint density at radius 1 is 1.17 bits per heavy atom. The van der Waals surface area contributed by atoms with E-state index in [0.717, 1.165) is 10.6 Å². The Balaban J connectivity index is 2.95. The Bertz CT molecular complexity index is 647. The number of carbonyl (C=O) groups excluding carboxylic acids is 1. The van der Waals surface area contributed by atoms with Crippen molar-refractivity contribution in [2.24, 2.45) is 11.8 Å². The standard InChI is InChI=1S/C23H41NO5Si/c1-17(21(25)18(2)22(26)24(6)27-7)20(29-30(8,9)23(3,4)5)16-28-15-19-13-11-10-12-14-19/h10-14,17-18,20-21,25H,15-16H2,1-9H3/t17-,18+,20+,21-/m1/s1. The summed E-state index contributed by atoms with van der Waals surface area (Å²) in [7, 11) is 0.868. The van der Waals surface area contributed by atoms with E-state index in [0.29, 0.717) is 13.2 Å². The first kappa shape index (κ1) is 26.8. The van der Waals surface area contributed by atoms with Crippen LogP contribution in [-0.4, -0.2) is 57.4 Å². The van der Waals surface area contributed by atoms with Gasteiger partial charge in [-0.2, -0.15) is 0 Å². The van der Waals surface area contributed by atoms with Crippen molar-refractivity contribution in [3.05, 3.63) is 35.9 Å². The average Bonchev–Trinajstić information content (AvgIpc) is 2.70. The molecule has 1 aromatic rings. The second-order valence-corrected chi connectivity index (χ2v) is 14.3. The smallest absolute Gasteiger partial charge is 0.251 e. The highest BCUT2D eigenvalue weighted by molar-refractivity contribution is 6.74. The molecule has 0 heterocycles. The zero-order chi connectivity index (χ0) is 23.1. The van der Waals surface area contributed by atoms with Crippen LogP contribution in [-0.2, 0) is 25.4 Å². The third-order valence-corrected chi connectivity index (χ3v) is 10.8. The predicted octanol–water partition coefficient (Wildman–Crippen LogP) is 4.25. The minimum Gasteiger partial charge on any atom is -0.411 e. The second kappa shape index (κ2) is 11.4. The number of amides is 1. The van der Waals surface area contributed by atoms with Crippen LogP contribution in [0.4, 0.5) is 0 Å². The van der Waals surface area contributed by atoms with Crippen LogP contribution in [0.2, 0.25) is 18.1 Å². The molecule has 6 nitrogen and oxygen atoms in total. The van der Waals surface area contributed by atoms with E-state index in [1.807, 2.05) is 37.3 Å². The van der Waals surface area contributed by atoms with Gasteiger partial charge in [0.05, 0.1) is 38.4 Å². The van der Waals surface area contributed by atoms with Gasteiger partial charge in [-0.1, -0.05) is 65.0 Å². The molecular formula is C23H41NO5Si. The molecule has 0 fully saturated rings. The lowest BCUT2D eigenvalue weighted by molar-refractivity contribution is -0.178. The Labute approximate surface area is 183 Å². The van der Waals surface area contributed by atoms with Crippen LogP contribution in [0.1, 0.15) is 40.2 Å². The highest BCUT2D eigenvalue weighted by atomic mass is 28.4. The highest BCUT2D eigenvalue weighted by Gasteiger charge is 2.42. The van der Waals surface area contributed by atoms with Gasteiger partial charge in [-0.05, 0) is 23.7 Å². The summed E-state index contributed by atoms with van der Waals surface area (Å²) >= 11 is 0. The fourth-order valence-electron chi connectivity index (χ4n) is 2.91. The first-order chi connectivity index (χ1) is 13.8. The van der Waals surface area contributed by atoms with E-state index in [1.165, 1.54) is 7.11 Å². The van der Waals surface area contributed by atoms with Gasteiger partial charge >= 0.3 is 0 Å². The number of benzene rings is 1. The molecule has 1 rings (SSSR count). The molecule has 0 radical (unpaired) electrons. The van der Waals surface area contributed by atoms with Crippen LogP contribution in [0.15, 0.2) is 30.3 Å². The van der Waals surface area contributed by atoms with Crippen LogP contribution in [0.25, 0.3) is 0 Å². The number of hydrogen-bond donors (Lipinski definition) is 1. The molecule has 0 saturated heterocycles. The summed E-state index contributed by atoms with van der Waals surface area (Å²) in [5.41, 5.74) is 1.09. The van der Waals surface area contributed by atoms with Crippen molar-refractivity contribution in [2.75, 3.05) is 20.8 Å². The summed E-state index contributed by atoms with van der Waals surface area (Å²) in [6.45, 7) is 15.4. The maximum absolute atomic E-state index is 12.5. The quantitative estimate of drug-likeness (QED) is 0.412. The molecule has 0 spiro atoms. The monoisotopic (exact) mass is 439 g/mol. The van der Waals surface area contributed by atoms with Crippen molar-refractivity contribution in [1.29, 1.82) is 0 Å². The summed E-state index contributed by atoms with van der Waals surface area (Å²) in [5, 5.41) is 12.1. The first-order valence-corrected chi connectivity index (χ1v) is 13.5. The largest absolute Gasteiger partial charge is 0.411 e. The number of hydroxylamine groups is 2. The molecule has 0 unspecified atom stereocenters. The van der Waals surface area contributed by atoms with Crippen molar-refractivity contribution >= 4 is 14.2 Å². The van der Waals surface area contributed by atoms with Gasteiger partial charge in [-0.15, -0.1) is 0 Å². The topological polar surface area (TPSA) is 68.2 Å². The summed E-state index contributed by atoms with van der Waals surface area (Å²) in [6, 6.07) is 9.97. The Morgan fingerprint density at radius 2 is 1.73 bits per heavy atom. The molecule has 0 aromatic heterocycles. The Morgan fingerprint density at radius 3 is 2.23 bits per heavy atom. The van der Waals surface area contributed by atoms with E-state index in [4.69, 9.17) is 14.0 Å². The molecule has 1 amide bonds. The molecule has 1 N–H and O–H groups in total. The molecule has 4 atom stereocenters. The highest BCUT2D eigenvalue weighted by Crippen LogP contribution is 2.38. The summed E-state index contributed by atoms with van der Waals surface area (Å²) in [6.07, 6.45) is -1.21. The van der Waals surface area contributed by atoms with Gasteiger partial charge in [-0.3, -0.25) is 9.63 Å². The fourth-order valence-corrected chi connectivity index (χ4v) is 4.31. The summed E-state index contributed by atoms with van der Waals surface area (Å²) in [5.74, 6) is -1.18. The lowest BCUT2D eigenvalue weighted by atomic mass is 9.89. The van der Waals surface area contributed by atoms with Crippen molar-refractivity contribution in [2.45, 2.75) is 71.6 Å². The van der Waals surface area contributed by atoms with Gasteiger partial charge in [0.1, 0.15) is 0 Å². The second-order valence-electron chi connectivity index (χ2n) is 9.57. The maximum Gasteiger partial charge on any atom is 0.251 e. The number of aliphatic hydroxyl groups is 1.